The highest BCUT2D eigenvalue weighted by Gasteiger charge is 2.30. The van der Waals surface area contributed by atoms with E-state index in [9.17, 15) is 26.3 Å². The summed E-state index contributed by atoms with van der Waals surface area (Å²) < 4.78 is 76.7. The molecule has 0 saturated carbocycles. The Balaban J connectivity index is 1.65. The monoisotopic (exact) mass is 554 g/mol. The minimum Gasteiger partial charge on any atom is -0.350 e. The maximum atomic E-state index is 12.8. The van der Waals surface area contributed by atoms with Crippen molar-refractivity contribution in [2.75, 3.05) is 5.75 Å². The molecule has 0 fully saturated rings. The van der Waals surface area contributed by atoms with Crippen LogP contribution in [-0.2, 0) is 18.8 Å². The standard InChI is InChI=1S/C27H24F6N2S2/c1-3-37-23(14-17(2)35-25(36)20-7-11-22(12-8-20)27(31,32)33)15-18-4-13-24(34-16-18)19-5-9-21(10-6-19)26(28,29)30/h4-14,16,23H,3,15H2,1-2H3,(H,35,36)/b17-14+. The first-order valence-corrected chi connectivity index (χ1v) is 12.7. The van der Waals surface area contributed by atoms with E-state index in [0.29, 0.717) is 28.2 Å². The molecule has 0 aliphatic heterocycles. The third kappa shape index (κ3) is 8.33. The van der Waals surface area contributed by atoms with Gasteiger partial charge in [-0.3, -0.25) is 4.98 Å². The third-order valence-electron chi connectivity index (χ3n) is 5.37. The van der Waals surface area contributed by atoms with Gasteiger partial charge in [-0.2, -0.15) is 38.1 Å². The van der Waals surface area contributed by atoms with Crippen LogP contribution in [0.25, 0.3) is 11.3 Å². The van der Waals surface area contributed by atoms with Gasteiger partial charge in [0.15, 0.2) is 0 Å². The van der Waals surface area contributed by atoms with Crippen molar-refractivity contribution in [2.24, 2.45) is 0 Å². The van der Waals surface area contributed by atoms with Crippen LogP contribution in [0.1, 0.15) is 36.1 Å². The molecule has 0 saturated heterocycles. The van der Waals surface area contributed by atoms with E-state index in [4.69, 9.17) is 12.2 Å². The van der Waals surface area contributed by atoms with Gasteiger partial charge in [0.05, 0.1) is 16.8 Å². The van der Waals surface area contributed by atoms with Crippen molar-refractivity contribution in [3.05, 3.63) is 101 Å². The van der Waals surface area contributed by atoms with Crippen molar-refractivity contribution >= 4 is 29.0 Å². The number of benzene rings is 2. The van der Waals surface area contributed by atoms with E-state index in [1.54, 1.807) is 24.0 Å². The van der Waals surface area contributed by atoms with Crippen LogP contribution in [-0.4, -0.2) is 21.0 Å². The van der Waals surface area contributed by atoms with E-state index in [0.717, 1.165) is 41.3 Å². The number of alkyl halides is 6. The van der Waals surface area contributed by atoms with Crippen molar-refractivity contribution in [1.29, 1.82) is 0 Å². The molecule has 196 valence electrons. The van der Waals surface area contributed by atoms with E-state index in [-0.39, 0.29) is 5.25 Å². The van der Waals surface area contributed by atoms with E-state index < -0.39 is 23.5 Å². The highest BCUT2D eigenvalue weighted by Crippen LogP contribution is 2.31. The second-order valence-corrected chi connectivity index (χ2v) is 10.1. The highest BCUT2D eigenvalue weighted by molar-refractivity contribution is 8.00. The van der Waals surface area contributed by atoms with E-state index >= 15 is 0 Å². The first-order chi connectivity index (χ1) is 17.4. The number of nitrogens with one attached hydrogen (secondary N) is 1. The molecular formula is C27H24F6N2S2. The van der Waals surface area contributed by atoms with Gasteiger partial charge in [-0.1, -0.05) is 55.5 Å². The lowest BCUT2D eigenvalue weighted by atomic mass is 10.1. The molecule has 0 aliphatic carbocycles. The Labute approximate surface area is 221 Å². The average molecular weight is 555 g/mol. The number of nitrogens with zero attached hydrogens (tertiary/aromatic N) is 1. The molecule has 10 heteroatoms. The predicted molar refractivity (Wildman–Crippen MR) is 140 cm³/mol. The molecule has 1 heterocycles. The SMILES string of the molecule is CCSC(/C=C(\C)NC(=S)c1ccc(C(F)(F)F)cc1)Cc1ccc(-c2ccc(C(F)(F)F)cc2)nc1. The van der Waals surface area contributed by atoms with E-state index in [2.05, 4.69) is 10.3 Å². The Kier molecular flexibility index (Phi) is 9.41. The van der Waals surface area contributed by atoms with Crippen LogP contribution in [0.5, 0.6) is 0 Å². The van der Waals surface area contributed by atoms with Gasteiger partial charge in [0.2, 0.25) is 0 Å². The number of halogens is 6. The Morgan fingerprint density at radius 1 is 0.919 bits per heavy atom. The van der Waals surface area contributed by atoms with E-state index in [1.807, 2.05) is 26.0 Å². The van der Waals surface area contributed by atoms with Crippen LogP contribution < -0.4 is 5.32 Å². The number of hydrogen-bond acceptors (Lipinski definition) is 3. The third-order valence-corrected chi connectivity index (χ3v) is 6.77. The molecule has 0 spiro atoms. The summed E-state index contributed by atoms with van der Waals surface area (Å²) in [5.41, 5.74) is 1.94. The Morgan fingerprint density at radius 2 is 1.49 bits per heavy atom. The van der Waals surface area contributed by atoms with Gasteiger partial charge in [-0.25, -0.2) is 0 Å². The Morgan fingerprint density at radius 3 is 1.97 bits per heavy atom. The molecule has 3 aromatic rings. The van der Waals surface area contributed by atoms with Gasteiger partial charge in [-0.05, 0) is 55.0 Å². The van der Waals surface area contributed by atoms with Crippen molar-refractivity contribution in [1.82, 2.24) is 10.3 Å². The number of thiocarbonyl (C=S) groups is 1. The number of aromatic nitrogens is 1. The summed E-state index contributed by atoms with van der Waals surface area (Å²) in [4.78, 5) is 4.74. The number of allylic oxidation sites excluding steroid dienone is 1. The molecule has 2 aromatic carbocycles. The second-order valence-electron chi connectivity index (χ2n) is 8.20. The summed E-state index contributed by atoms with van der Waals surface area (Å²) in [7, 11) is 0. The Bertz CT molecular complexity index is 1220. The maximum absolute atomic E-state index is 12.8. The largest absolute Gasteiger partial charge is 0.416 e. The fourth-order valence-corrected chi connectivity index (χ4v) is 4.88. The minimum absolute atomic E-state index is 0.0756. The first-order valence-electron chi connectivity index (χ1n) is 11.3. The van der Waals surface area contributed by atoms with Crippen molar-refractivity contribution in [3.63, 3.8) is 0 Å². The molecule has 1 N–H and O–H groups in total. The quantitative estimate of drug-likeness (QED) is 0.224. The van der Waals surface area contributed by atoms with Crippen LogP contribution in [0.4, 0.5) is 26.3 Å². The summed E-state index contributed by atoms with van der Waals surface area (Å²) >= 11 is 7.07. The van der Waals surface area contributed by atoms with Crippen molar-refractivity contribution in [2.45, 2.75) is 37.9 Å². The van der Waals surface area contributed by atoms with Crippen LogP contribution >= 0.6 is 24.0 Å². The van der Waals surface area contributed by atoms with Gasteiger partial charge in [0.1, 0.15) is 4.99 Å². The van der Waals surface area contributed by atoms with Gasteiger partial charge < -0.3 is 5.32 Å². The normalized spacial score (nSPS) is 13.4. The van der Waals surface area contributed by atoms with E-state index in [1.165, 1.54) is 24.3 Å². The number of hydrogen-bond donors (Lipinski definition) is 1. The predicted octanol–water partition coefficient (Wildman–Crippen LogP) is 8.32. The molecular weight excluding hydrogens is 530 g/mol. The second kappa shape index (κ2) is 12.1. The smallest absolute Gasteiger partial charge is 0.350 e. The number of rotatable bonds is 8. The van der Waals surface area contributed by atoms with Gasteiger partial charge >= 0.3 is 12.4 Å². The fraction of sp³-hybridized carbons (Fsp3) is 0.259. The summed E-state index contributed by atoms with van der Waals surface area (Å²) in [5.74, 6) is 0.856. The highest BCUT2D eigenvalue weighted by atomic mass is 32.2. The number of pyridine rings is 1. The summed E-state index contributed by atoms with van der Waals surface area (Å²) in [6.45, 7) is 3.87. The molecule has 2 nitrogen and oxygen atoms in total. The molecule has 0 aliphatic rings. The van der Waals surface area contributed by atoms with Crippen molar-refractivity contribution < 1.29 is 26.3 Å². The lowest BCUT2D eigenvalue weighted by Crippen LogP contribution is -2.22. The zero-order chi connectivity index (χ0) is 27.2. The average Bonchev–Trinajstić information content (AvgIpc) is 2.83. The summed E-state index contributed by atoms with van der Waals surface area (Å²) in [5, 5.41) is 3.15. The van der Waals surface area contributed by atoms with Crippen LogP contribution in [0.15, 0.2) is 78.6 Å². The lowest BCUT2D eigenvalue weighted by molar-refractivity contribution is -0.138. The molecule has 0 radical (unpaired) electrons. The van der Waals surface area contributed by atoms with Crippen LogP contribution in [0.2, 0.25) is 0 Å². The molecule has 0 bridgehead atoms. The molecule has 37 heavy (non-hydrogen) atoms. The lowest BCUT2D eigenvalue weighted by Gasteiger charge is -2.15. The van der Waals surface area contributed by atoms with Crippen LogP contribution in [0, 0.1) is 0 Å². The summed E-state index contributed by atoms with van der Waals surface area (Å²) in [6, 6.07) is 13.2. The number of thioether (sulfide) groups is 1. The van der Waals surface area contributed by atoms with Gasteiger partial charge in [0.25, 0.3) is 0 Å². The van der Waals surface area contributed by atoms with Gasteiger partial charge in [-0.15, -0.1) is 0 Å². The topological polar surface area (TPSA) is 24.9 Å². The van der Waals surface area contributed by atoms with Crippen LogP contribution in [0.3, 0.4) is 0 Å². The summed E-state index contributed by atoms with van der Waals surface area (Å²) in [6.07, 6.45) is -4.42. The van der Waals surface area contributed by atoms with Gasteiger partial charge in [0, 0.05) is 28.3 Å². The minimum atomic E-state index is -4.40. The molecule has 0 amide bonds. The first kappa shape index (κ1) is 28.7. The molecule has 3 rings (SSSR count). The zero-order valence-corrected chi connectivity index (χ0v) is 21.6. The fourth-order valence-electron chi connectivity index (χ4n) is 3.54. The Hall–Kier alpha value is -2.85. The molecule has 1 aromatic heterocycles. The molecule has 1 unspecified atom stereocenters. The zero-order valence-electron chi connectivity index (χ0n) is 20.0. The molecule has 1 atom stereocenters. The van der Waals surface area contributed by atoms with Crippen molar-refractivity contribution in [3.8, 4) is 11.3 Å². The maximum Gasteiger partial charge on any atom is 0.416 e.